The molecule has 0 N–H and O–H groups in total. The molecular formula is C30H33F5O2. The van der Waals surface area contributed by atoms with Crippen LogP contribution in [0, 0.1) is 17.6 Å². The van der Waals surface area contributed by atoms with Crippen molar-refractivity contribution in [2.75, 3.05) is 0 Å². The third kappa shape index (κ3) is 7.46. The fourth-order valence-corrected chi connectivity index (χ4v) is 4.90. The van der Waals surface area contributed by atoms with Gasteiger partial charge >= 0.3 is 6.36 Å². The average molecular weight is 521 g/mol. The maximum Gasteiger partial charge on any atom is 0.573 e. The fourth-order valence-electron chi connectivity index (χ4n) is 4.90. The molecule has 0 amide bonds. The lowest BCUT2D eigenvalue weighted by Gasteiger charge is -2.29. The van der Waals surface area contributed by atoms with E-state index in [1.807, 2.05) is 24.3 Å². The number of benzene rings is 3. The molecule has 1 aliphatic carbocycles. The van der Waals surface area contributed by atoms with E-state index in [2.05, 4.69) is 11.7 Å². The molecule has 0 aromatic heterocycles. The van der Waals surface area contributed by atoms with Crippen LogP contribution in [0.25, 0.3) is 11.1 Å². The van der Waals surface area contributed by atoms with Gasteiger partial charge in [-0.05, 0) is 85.0 Å². The molecule has 3 aromatic rings. The molecule has 7 heteroatoms. The number of ether oxygens (including phenoxy) is 2. The lowest BCUT2D eigenvalue weighted by atomic mass is 9.77. The van der Waals surface area contributed by atoms with Crippen LogP contribution in [0.5, 0.6) is 17.2 Å². The van der Waals surface area contributed by atoms with E-state index in [-0.39, 0.29) is 18.9 Å². The van der Waals surface area contributed by atoms with Gasteiger partial charge in [0.1, 0.15) is 11.5 Å². The van der Waals surface area contributed by atoms with Crippen LogP contribution in [0.1, 0.15) is 70.8 Å². The van der Waals surface area contributed by atoms with Gasteiger partial charge in [0.2, 0.25) is 5.82 Å². The summed E-state index contributed by atoms with van der Waals surface area (Å²) in [5, 5.41) is 0. The Morgan fingerprint density at radius 1 is 0.811 bits per heavy atom. The van der Waals surface area contributed by atoms with Crippen molar-refractivity contribution >= 4 is 0 Å². The van der Waals surface area contributed by atoms with Gasteiger partial charge in [-0.3, -0.25) is 0 Å². The molecule has 37 heavy (non-hydrogen) atoms. The summed E-state index contributed by atoms with van der Waals surface area (Å²) in [6.07, 6.45) is 3.77. The van der Waals surface area contributed by atoms with Crippen molar-refractivity contribution in [2.45, 2.75) is 71.6 Å². The Balaban J connectivity index is 0.00000380. The van der Waals surface area contributed by atoms with E-state index in [0.29, 0.717) is 17.0 Å². The molecule has 0 spiro atoms. The van der Waals surface area contributed by atoms with Crippen molar-refractivity contribution < 1.29 is 31.4 Å². The number of hydrogen-bond donors (Lipinski definition) is 0. The van der Waals surface area contributed by atoms with Crippen LogP contribution in [-0.4, -0.2) is 6.36 Å². The summed E-state index contributed by atoms with van der Waals surface area (Å²) in [6.45, 7) is 2.22. The van der Waals surface area contributed by atoms with Crippen molar-refractivity contribution in [2.24, 2.45) is 5.92 Å². The molecule has 1 aliphatic rings. The first-order valence-corrected chi connectivity index (χ1v) is 12.4. The van der Waals surface area contributed by atoms with Crippen LogP contribution in [-0.2, 0) is 0 Å². The Kier molecular flexibility index (Phi) is 9.57. The minimum atomic E-state index is -4.83. The summed E-state index contributed by atoms with van der Waals surface area (Å²) in [7, 11) is 0. The molecule has 0 radical (unpaired) electrons. The van der Waals surface area contributed by atoms with Gasteiger partial charge in [0.05, 0.1) is 0 Å². The van der Waals surface area contributed by atoms with E-state index in [1.165, 1.54) is 55.9 Å². The molecule has 1 saturated carbocycles. The Labute approximate surface area is 215 Å². The van der Waals surface area contributed by atoms with Crippen molar-refractivity contribution in [1.82, 2.24) is 0 Å². The Morgan fingerprint density at radius 2 is 1.43 bits per heavy atom. The van der Waals surface area contributed by atoms with Crippen LogP contribution in [0.2, 0.25) is 0 Å². The topological polar surface area (TPSA) is 18.5 Å². The lowest BCUT2D eigenvalue weighted by Crippen LogP contribution is -2.16. The third-order valence-corrected chi connectivity index (χ3v) is 6.83. The van der Waals surface area contributed by atoms with Gasteiger partial charge in [-0.25, -0.2) is 4.39 Å². The fraction of sp³-hybridized carbons (Fsp3) is 0.400. The Hall–Kier alpha value is -3.09. The second kappa shape index (κ2) is 12.4. The molecule has 1 fully saturated rings. The molecule has 0 aliphatic heterocycles. The summed E-state index contributed by atoms with van der Waals surface area (Å²) in [5.74, 6) is -1.66. The number of unbranched alkanes of at least 4 members (excludes halogenated alkanes) is 1. The van der Waals surface area contributed by atoms with Crippen LogP contribution in [0.15, 0.2) is 60.7 Å². The predicted octanol–water partition coefficient (Wildman–Crippen LogP) is 10.4. The zero-order valence-electron chi connectivity index (χ0n) is 20.1. The Bertz CT molecular complexity index is 1130. The first-order chi connectivity index (χ1) is 17.2. The van der Waals surface area contributed by atoms with Gasteiger partial charge in [-0.1, -0.05) is 57.9 Å². The standard InChI is InChI=1S/C29H29F5O2.CH4/c1-2-3-4-19-5-7-20(8-6-19)21-9-11-22(12-10-21)25-17-18-26(30)27(31)28(25)35-23-13-15-24(16-14-23)36-29(32,33)34;/h9-20H,2-8H2,1H3;1H4. The summed E-state index contributed by atoms with van der Waals surface area (Å²) in [4.78, 5) is 0. The van der Waals surface area contributed by atoms with E-state index in [1.54, 1.807) is 0 Å². The lowest BCUT2D eigenvalue weighted by molar-refractivity contribution is -0.274. The number of rotatable bonds is 8. The van der Waals surface area contributed by atoms with E-state index >= 15 is 0 Å². The van der Waals surface area contributed by atoms with Crippen molar-refractivity contribution in [3.05, 3.63) is 77.9 Å². The number of hydrogen-bond acceptors (Lipinski definition) is 2. The van der Waals surface area contributed by atoms with Crippen LogP contribution < -0.4 is 9.47 Å². The molecule has 0 bridgehead atoms. The van der Waals surface area contributed by atoms with E-state index in [9.17, 15) is 22.0 Å². The maximum absolute atomic E-state index is 14.8. The highest BCUT2D eigenvalue weighted by atomic mass is 19.4. The second-order valence-corrected chi connectivity index (χ2v) is 9.34. The number of alkyl halides is 3. The Morgan fingerprint density at radius 3 is 2.03 bits per heavy atom. The normalized spacial score (nSPS) is 17.7. The van der Waals surface area contributed by atoms with Gasteiger partial charge in [0.25, 0.3) is 0 Å². The predicted molar refractivity (Wildman–Crippen MR) is 136 cm³/mol. The molecular weight excluding hydrogens is 487 g/mol. The quantitative estimate of drug-likeness (QED) is 0.275. The highest BCUT2D eigenvalue weighted by molar-refractivity contribution is 5.71. The summed E-state index contributed by atoms with van der Waals surface area (Å²) in [6, 6.07) is 14.8. The van der Waals surface area contributed by atoms with Crippen molar-refractivity contribution in [3.63, 3.8) is 0 Å². The first-order valence-electron chi connectivity index (χ1n) is 12.4. The highest BCUT2D eigenvalue weighted by Gasteiger charge is 2.31. The van der Waals surface area contributed by atoms with Crippen molar-refractivity contribution in [3.8, 4) is 28.4 Å². The molecule has 2 nitrogen and oxygen atoms in total. The van der Waals surface area contributed by atoms with Gasteiger partial charge in [-0.2, -0.15) is 4.39 Å². The molecule has 200 valence electrons. The van der Waals surface area contributed by atoms with Crippen molar-refractivity contribution in [1.29, 1.82) is 0 Å². The average Bonchev–Trinajstić information content (AvgIpc) is 2.86. The summed E-state index contributed by atoms with van der Waals surface area (Å²) in [5.41, 5.74) is 2.23. The van der Waals surface area contributed by atoms with E-state index < -0.39 is 23.7 Å². The zero-order chi connectivity index (χ0) is 25.7. The van der Waals surface area contributed by atoms with Crippen LogP contribution in [0.4, 0.5) is 22.0 Å². The second-order valence-electron chi connectivity index (χ2n) is 9.34. The molecule has 0 saturated heterocycles. The minimum Gasteiger partial charge on any atom is -0.454 e. The molecule has 4 rings (SSSR count). The SMILES string of the molecule is C.CCCCC1CCC(c2ccc(-c3ccc(F)c(F)c3Oc3ccc(OC(F)(F)F)cc3)cc2)CC1. The summed E-state index contributed by atoms with van der Waals surface area (Å²) >= 11 is 0. The van der Waals surface area contributed by atoms with Gasteiger partial charge in [-0.15, -0.1) is 13.2 Å². The minimum absolute atomic E-state index is 0. The van der Waals surface area contributed by atoms with Crippen LogP contribution >= 0.6 is 0 Å². The van der Waals surface area contributed by atoms with Gasteiger partial charge in [0.15, 0.2) is 11.6 Å². The molecule has 0 atom stereocenters. The maximum atomic E-state index is 14.8. The molecule has 0 unspecified atom stereocenters. The monoisotopic (exact) mass is 520 g/mol. The van der Waals surface area contributed by atoms with E-state index in [0.717, 1.165) is 37.0 Å². The van der Waals surface area contributed by atoms with Gasteiger partial charge < -0.3 is 9.47 Å². The van der Waals surface area contributed by atoms with Crippen LogP contribution in [0.3, 0.4) is 0 Å². The largest absolute Gasteiger partial charge is 0.573 e. The molecule has 0 heterocycles. The highest BCUT2D eigenvalue weighted by Crippen LogP contribution is 2.40. The third-order valence-electron chi connectivity index (χ3n) is 6.83. The smallest absolute Gasteiger partial charge is 0.454 e. The number of halogens is 5. The molecule has 3 aromatic carbocycles. The summed E-state index contributed by atoms with van der Waals surface area (Å²) < 4.78 is 75.4. The van der Waals surface area contributed by atoms with E-state index in [4.69, 9.17) is 4.74 Å². The zero-order valence-corrected chi connectivity index (χ0v) is 20.1. The first kappa shape index (κ1) is 28.5. The van der Waals surface area contributed by atoms with Gasteiger partial charge in [0, 0.05) is 5.56 Å².